The topological polar surface area (TPSA) is 52.6 Å². The molecular formula is C11H18O4. The number of carbonyl (C=O) groups is 2. The molecule has 4 heteroatoms. The number of hydrogen-bond donors (Lipinski definition) is 0. The van der Waals surface area contributed by atoms with E-state index in [1.165, 1.54) is 12.2 Å². The first-order chi connectivity index (χ1) is 6.85. The van der Waals surface area contributed by atoms with E-state index in [0.29, 0.717) is 6.42 Å². The second-order valence-corrected chi connectivity index (χ2v) is 3.97. The summed E-state index contributed by atoms with van der Waals surface area (Å²) in [5, 5.41) is 0. The Morgan fingerprint density at radius 2 is 1.87 bits per heavy atom. The highest BCUT2D eigenvalue weighted by Gasteiger charge is 2.13. The molecule has 0 aliphatic heterocycles. The minimum absolute atomic E-state index is 0.103. The largest absolute Gasteiger partial charge is 0.461 e. The maximum Gasteiger partial charge on any atom is 0.331 e. The molecule has 0 atom stereocenters. The highest BCUT2D eigenvalue weighted by Crippen LogP contribution is 2.06. The molecule has 0 N–H and O–H groups in total. The van der Waals surface area contributed by atoms with Crippen LogP contribution in [0.15, 0.2) is 12.2 Å². The second-order valence-electron chi connectivity index (χ2n) is 3.97. The molecule has 0 fully saturated rings. The van der Waals surface area contributed by atoms with E-state index in [4.69, 9.17) is 9.47 Å². The van der Waals surface area contributed by atoms with Crippen LogP contribution >= 0.6 is 0 Å². The van der Waals surface area contributed by atoms with Gasteiger partial charge >= 0.3 is 11.9 Å². The fourth-order valence-electron chi connectivity index (χ4n) is 0.723. The SMILES string of the molecule is CCC(=O)OC/C=C/C(=O)OC(C)(C)C. The molecule has 0 saturated carbocycles. The molecular weight excluding hydrogens is 196 g/mol. The van der Waals surface area contributed by atoms with E-state index in [9.17, 15) is 9.59 Å². The van der Waals surface area contributed by atoms with Gasteiger partial charge in [-0.05, 0) is 26.8 Å². The van der Waals surface area contributed by atoms with E-state index >= 15 is 0 Å². The fourth-order valence-corrected chi connectivity index (χ4v) is 0.723. The Balaban J connectivity index is 3.78. The van der Waals surface area contributed by atoms with Crippen LogP contribution in [0.1, 0.15) is 34.1 Å². The van der Waals surface area contributed by atoms with E-state index in [0.717, 1.165) is 0 Å². The van der Waals surface area contributed by atoms with Crippen molar-refractivity contribution in [3.8, 4) is 0 Å². The summed E-state index contributed by atoms with van der Waals surface area (Å²) in [6.45, 7) is 7.17. The first kappa shape index (κ1) is 13.7. The van der Waals surface area contributed by atoms with Crippen LogP contribution in [-0.2, 0) is 19.1 Å². The van der Waals surface area contributed by atoms with Crippen molar-refractivity contribution in [1.82, 2.24) is 0 Å². The van der Waals surface area contributed by atoms with Gasteiger partial charge in [-0.3, -0.25) is 4.79 Å². The van der Waals surface area contributed by atoms with Gasteiger partial charge in [-0.15, -0.1) is 0 Å². The second kappa shape index (κ2) is 6.22. The van der Waals surface area contributed by atoms with Gasteiger partial charge in [0.2, 0.25) is 0 Å². The van der Waals surface area contributed by atoms with Crippen molar-refractivity contribution in [2.24, 2.45) is 0 Å². The van der Waals surface area contributed by atoms with Crippen molar-refractivity contribution in [2.75, 3.05) is 6.61 Å². The van der Waals surface area contributed by atoms with Crippen molar-refractivity contribution >= 4 is 11.9 Å². The third-order valence-electron chi connectivity index (χ3n) is 1.29. The molecule has 0 amide bonds. The molecule has 15 heavy (non-hydrogen) atoms. The lowest BCUT2D eigenvalue weighted by atomic mass is 10.2. The third kappa shape index (κ3) is 9.00. The average molecular weight is 214 g/mol. The summed E-state index contributed by atoms with van der Waals surface area (Å²) in [4.78, 5) is 21.8. The standard InChI is InChI=1S/C11H18O4/c1-5-9(12)14-8-6-7-10(13)15-11(2,3)4/h6-7H,5,8H2,1-4H3/b7-6+. The van der Waals surface area contributed by atoms with Gasteiger partial charge in [-0.2, -0.15) is 0 Å². The summed E-state index contributed by atoms with van der Waals surface area (Å²) in [5.74, 6) is -0.723. The number of carbonyl (C=O) groups excluding carboxylic acids is 2. The summed E-state index contributed by atoms with van der Waals surface area (Å²) >= 11 is 0. The van der Waals surface area contributed by atoms with Crippen LogP contribution in [0.4, 0.5) is 0 Å². The zero-order valence-electron chi connectivity index (χ0n) is 9.70. The first-order valence-corrected chi connectivity index (χ1v) is 4.90. The Morgan fingerprint density at radius 1 is 1.27 bits per heavy atom. The highest BCUT2D eigenvalue weighted by atomic mass is 16.6. The van der Waals surface area contributed by atoms with E-state index < -0.39 is 11.6 Å². The molecule has 0 saturated heterocycles. The Kier molecular flexibility index (Phi) is 5.67. The van der Waals surface area contributed by atoms with Gasteiger partial charge < -0.3 is 9.47 Å². The lowest BCUT2D eigenvalue weighted by Gasteiger charge is -2.17. The number of esters is 2. The van der Waals surface area contributed by atoms with Crippen LogP contribution in [0.5, 0.6) is 0 Å². The average Bonchev–Trinajstić information content (AvgIpc) is 2.09. The lowest BCUT2D eigenvalue weighted by molar-refractivity contribution is -0.149. The highest BCUT2D eigenvalue weighted by molar-refractivity contribution is 5.82. The van der Waals surface area contributed by atoms with Gasteiger partial charge in [0.05, 0.1) is 0 Å². The summed E-state index contributed by atoms with van der Waals surface area (Å²) in [7, 11) is 0. The van der Waals surface area contributed by atoms with Crippen LogP contribution in [0.25, 0.3) is 0 Å². The van der Waals surface area contributed by atoms with Gasteiger partial charge in [0.15, 0.2) is 0 Å². The van der Waals surface area contributed by atoms with E-state index in [1.54, 1.807) is 27.7 Å². The van der Waals surface area contributed by atoms with Crippen LogP contribution < -0.4 is 0 Å². The normalized spacial score (nSPS) is 11.5. The van der Waals surface area contributed by atoms with Gasteiger partial charge in [-0.1, -0.05) is 6.92 Å². The molecule has 4 nitrogen and oxygen atoms in total. The number of ether oxygens (including phenoxy) is 2. The molecule has 0 bridgehead atoms. The van der Waals surface area contributed by atoms with Crippen LogP contribution in [0, 0.1) is 0 Å². The van der Waals surface area contributed by atoms with Crippen LogP contribution in [-0.4, -0.2) is 24.1 Å². The quantitative estimate of drug-likeness (QED) is 0.529. The molecule has 0 radical (unpaired) electrons. The Morgan fingerprint density at radius 3 is 2.33 bits per heavy atom. The van der Waals surface area contributed by atoms with Crippen LogP contribution in [0.2, 0.25) is 0 Å². The van der Waals surface area contributed by atoms with Crippen molar-refractivity contribution in [3.63, 3.8) is 0 Å². The Hall–Kier alpha value is -1.32. The molecule has 0 unspecified atom stereocenters. The third-order valence-corrected chi connectivity index (χ3v) is 1.29. The molecule has 0 rings (SSSR count). The van der Waals surface area contributed by atoms with Crippen LogP contribution in [0.3, 0.4) is 0 Å². The molecule has 0 aromatic carbocycles. The molecule has 0 aliphatic carbocycles. The van der Waals surface area contributed by atoms with Crippen molar-refractivity contribution in [2.45, 2.75) is 39.7 Å². The predicted octanol–water partition coefficient (Wildman–Crippen LogP) is 1.84. The summed E-state index contributed by atoms with van der Waals surface area (Å²) in [6, 6.07) is 0. The van der Waals surface area contributed by atoms with Gasteiger partial charge in [0, 0.05) is 12.5 Å². The van der Waals surface area contributed by atoms with Gasteiger partial charge in [0.25, 0.3) is 0 Å². The van der Waals surface area contributed by atoms with E-state index in [1.807, 2.05) is 0 Å². The summed E-state index contributed by atoms with van der Waals surface area (Å²) in [6.07, 6.45) is 3.05. The molecule has 0 spiro atoms. The maximum absolute atomic E-state index is 11.1. The molecule has 86 valence electrons. The van der Waals surface area contributed by atoms with Gasteiger partial charge in [0.1, 0.15) is 12.2 Å². The zero-order chi connectivity index (χ0) is 11.9. The molecule has 0 aromatic rings. The Bertz CT molecular complexity index is 248. The monoisotopic (exact) mass is 214 g/mol. The molecule has 0 heterocycles. The van der Waals surface area contributed by atoms with Gasteiger partial charge in [-0.25, -0.2) is 4.79 Å². The number of hydrogen-bond acceptors (Lipinski definition) is 4. The van der Waals surface area contributed by atoms with Crippen molar-refractivity contribution in [1.29, 1.82) is 0 Å². The summed E-state index contributed by atoms with van der Waals surface area (Å²) in [5.41, 5.74) is -0.498. The zero-order valence-corrected chi connectivity index (χ0v) is 9.70. The smallest absolute Gasteiger partial charge is 0.331 e. The minimum Gasteiger partial charge on any atom is -0.461 e. The Labute approximate surface area is 90.2 Å². The van der Waals surface area contributed by atoms with Crippen molar-refractivity contribution < 1.29 is 19.1 Å². The van der Waals surface area contributed by atoms with Crippen molar-refractivity contribution in [3.05, 3.63) is 12.2 Å². The maximum atomic E-state index is 11.1. The fraction of sp³-hybridized carbons (Fsp3) is 0.636. The lowest BCUT2D eigenvalue weighted by Crippen LogP contribution is -2.22. The molecule has 0 aromatic heterocycles. The molecule has 0 aliphatic rings. The first-order valence-electron chi connectivity index (χ1n) is 4.90. The minimum atomic E-state index is -0.498. The summed E-state index contributed by atoms with van der Waals surface area (Å²) < 4.78 is 9.74. The predicted molar refractivity (Wildman–Crippen MR) is 56.2 cm³/mol. The number of rotatable bonds is 4. The van der Waals surface area contributed by atoms with E-state index in [-0.39, 0.29) is 12.6 Å². The van der Waals surface area contributed by atoms with E-state index in [2.05, 4.69) is 0 Å².